The van der Waals surface area contributed by atoms with Gasteiger partial charge in [-0.25, -0.2) is 13.1 Å². The third kappa shape index (κ3) is 2.30. The smallest absolute Gasteiger partial charge is 0.240 e. The van der Waals surface area contributed by atoms with Gasteiger partial charge >= 0.3 is 0 Å². The number of benzene rings is 1. The van der Waals surface area contributed by atoms with Gasteiger partial charge in [-0.1, -0.05) is 6.07 Å². The SMILES string of the molecule is O=S(=O)(NC1CCOC1)c1ccc2c(c1)CCC2. The van der Waals surface area contributed by atoms with E-state index in [-0.39, 0.29) is 6.04 Å². The van der Waals surface area contributed by atoms with E-state index in [4.69, 9.17) is 4.74 Å². The van der Waals surface area contributed by atoms with Gasteiger partial charge in [-0.15, -0.1) is 0 Å². The molecule has 1 aromatic rings. The molecule has 0 radical (unpaired) electrons. The van der Waals surface area contributed by atoms with E-state index in [0.717, 1.165) is 25.7 Å². The van der Waals surface area contributed by atoms with Gasteiger partial charge in [0.05, 0.1) is 11.5 Å². The zero-order chi connectivity index (χ0) is 12.6. The quantitative estimate of drug-likeness (QED) is 0.896. The number of fused-ring (bicyclic) bond motifs is 1. The molecule has 3 rings (SSSR count). The van der Waals surface area contributed by atoms with E-state index in [1.54, 1.807) is 6.07 Å². The van der Waals surface area contributed by atoms with E-state index in [1.165, 1.54) is 11.1 Å². The van der Waals surface area contributed by atoms with Crippen molar-refractivity contribution >= 4 is 10.0 Å². The zero-order valence-electron chi connectivity index (χ0n) is 10.2. The van der Waals surface area contributed by atoms with Crippen molar-refractivity contribution in [3.8, 4) is 0 Å². The van der Waals surface area contributed by atoms with Crippen molar-refractivity contribution < 1.29 is 13.2 Å². The van der Waals surface area contributed by atoms with Crippen LogP contribution in [0.25, 0.3) is 0 Å². The van der Waals surface area contributed by atoms with Crippen LogP contribution in [0.2, 0.25) is 0 Å². The molecule has 5 heteroatoms. The molecule has 1 saturated heterocycles. The molecule has 1 atom stereocenters. The van der Waals surface area contributed by atoms with Crippen LogP contribution >= 0.6 is 0 Å². The van der Waals surface area contributed by atoms with Crippen molar-refractivity contribution in [3.05, 3.63) is 29.3 Å². The summed E-state index contributed by atoms with van der Waals surface area (Å²) in [5.41, 5.74) is 2.47. The molecule has 0 amide bonds. The molecule has 4 nitrogen and oxygen atoms in total. The van der Waals surface area contributed by atoms with Gasteiger partial charge in [0, 0.05) is 12.6 Å². The first-order chi connectivity index (χ1) is 8.65. The minimum atomic E-state index is -3.40. The van der Waals surface area contributed by atoms with Crippen LogP contribution in [0.3, 0.4) is 0 Å². The largest absolute Gasteiger partial charge is 0.380 e. The molecule has 98 valence electrons. The van der Waals surface area contributed by atoms with Crippen LogP contribution in [0.15, 0.2) is 23.1 Å². The monoisotopic (exact) mass is 267 g/mol. The summed E-state index contributed by atoms with van der Waals surface area (Å²) in [6.45, 7) is 1.11. The lowest BCUT2D eigenvalue weighted by Gasteiger charge is -2.12. The summed E-state index contributed by atoms with van der Waals surface area (Å²) in [6, 6.07) is 5.40. The third-order valence-corrected chi connectivity index (χ3v) is 5.15. The predicted octanol–water partition coefficient (Wildman–Crippen LogP) is 1.24. The molecular weight excluding hydrogens is 250 g/mol. The lowest BCUT2D eigenvalue weighted by molar-refractivity contribution is 0.192. The second kappa shape index (κ2) is 4.64. The molecule has 1 aliphatic heterocycles. The van der Waals surface area contributed by atoms with Crippen molar-refractivity contribution in [1.29, 1.82) is 0 Å². The minimum Gasteiger partial charge on any atom is -0.380 e. The lowest BCUT2D eigenvalue weighted by Crippen LogP contribution is -2.35. The van der Waals surface area contributed by atoms with Crippen molar-refractivity contribution in [2.75, 3.05) is 13.2 Å². The lowest BCUT2D eigenvalue weighted by atomic mass is 10.1. The molecule has 0 aromatic heterocycles. The van der Waals surface area contributed by atoms with Crippen LogP contribution in [0.5, 0.6) is 0 Å². The number of nitrogens with one attached hydrogen (secondary N) is 1. The first kappa shape index (κ1) is 12.1. The average Bonchev–Trinajstić information content (AvgIpc) is 2.97. The van der Waals surface area contributed by atoms with Crippen LogP contribution in [-0.4, -0.2) is 27.7 Å². The molecule has 0 saturated carbocycles. The Morgan fingerprint density at radius 3 is 2.83 bits per heavy atom. The van der Waals surface area contributed by atoms with Gasteiger partial charge in [-0.2, -0.15) is 0 Å². The maximum absolute atomic E-state index is 12.2. The Morgan fingerprint density at radius 2 is 2.06 bits per heavy atom. The van der Waals surface area contributed by atoms with E-state index >= 15 is 0 Å². The number of rotatable bonds is 3. The molecule has 0 spiro atoms. The molecule has 1 heterocycles. The van der Waals surface area contributed by atoms with Gasteiger partial charge in [-0.3, -0.25) is 0 Å². The van der Waals surface area contributed by atoms with Gasteiger partial charge in [0.1, 0.15) is 0 Å². The summed E-state index contributed by atoms with van der Waals surface area (Å²) in [7, 11) is -3.40. The number of hydrogen-bond donors (Lipinski definition) is 1. The van der Waals surface area contributed by atoms with Crippen LogP contribution in [0.4, 0.5) is 0 Å². The summed E-state index contributed by atoms with van der Waals surface area (Å²) < 4.78 is 32.3. The van der Waals surface area contributed by atoms with Gasteiger partial charge in [-0.05, 0) is 48.9 Å². The Bertz CT molecular complexity index is 547. The van der Waals surface area contributed by atoms with E-state index in [0.29, 0.717) is 18.1 Å². The summed E-state index contributed by atoms with van der Waals surface area (Å²) in [5, 5.41) is 0. The van der Waals surface area contributed by atoms with Crippen LogP contribution in [-0.2, 0) is 27.6 Å². The zero-order valence-corrected chi connectivity index (χ0v) is 11.0. The Balaban J connectivity index is 1.84. The van der Waals surface area contributed by atoms with Crippen molar-refractivity contribution in [2.24, 2.45) is 0 Å². The van der Waals surface area contributed by atoms with Crippen LogP contribution in [0, 0.1) is 0 Å². The van der Waals surface area contributed by atoms with Gasteiger partial charge < -0.3 is 4.74 Å². The summed E-state index contributed by atoms with van der Waals surface area (Å²) in [6.07, 6.45) is 3.94. The molecule has 1 aliphatic carbocycles. The highest BCUT2D eigenvalue weighted by molar-refractivity contribution is 7.89. The van der Waals surface area contributed by atoms with Gasteiger partial charge in [0.2, 0.25) is 10.0 Å². The minimum absolute atomic E-state index is 0.0803. The molecule has 0 bridgehead atoms. The Morgan fingerprint density at radius 1 is 1.22 bits per heavy atom. The third-order valence-electron chi connectivity index (χ3n) is 3.63. The maximum atomic E-state index is 12.2. The summed E-state index contributed by atoms with van der Waals surface area (Å²) in [5.74, 6) is 0. The van der Waals surface area contributed by atoms with Crippen molar-refractivity contribution in [1.82, 2.24) is 4.72 Å². The Hall–Kier alpha value is -0.910. The summed E-state index contributed by atoms with van der Waals surface area (Å²) in [4.78, 5) is 0.384. The molecular formula is C13H17NO3S. The van der Waals surface area contributed by atoms with Crippen LogP contribution in [0.1, 0.15) is 24.0 Å². The standard InChI is InChI=1S/C13H17NO3S/c15-18(16,14-12-6-7-17-9-12)13-5-4-10-2-1-3-11(10)8-13/h4-5,8,12,14H,1-3,6-7,9H2. The normalized spacial score (nSPS) is 23.2. The first-order valence-corrected chi connectivity index (χ1v) is 7.85. The van der Waals surface area contributed by atoms with E-state index < -0.39 is 10.0 Å². The topological polar surface area (TPSA) is 55.4 Å². The second-order valence-corrected chi connectivity index (χ2v) is 6.68. The molecule has 1 aromatic carbocycles. The number of hydrogen-bond acceptors (Lipinski definition) is 3. The molecule has 2 aliphatic rings. The average molecular weight is 267 g/mol. The first-order valence-electron chi connectivity index (χ1n) is 6.37. The molecule has 1 unspecified atom stereocenters. The fraction of sp³-hybridized carbons (Fsp3) is 0.538. The van der Waals surface area contributed by atoms with Crippen molar-refractivity contribution in [2.45, 2.75) is 36.6 Å². The highest BCUT2D eigenvalue weighted by atomic mass is 32.2. The van der Waals surface area contributed by atoms with E-state index in [9.17, 15) is 8.42 Å². The highest BCUT2D eigenvalue weighted by Gasteiger charge is 2.24. The number of sulfonamides is 1. The fourth-order valence-electron chi connectivity index (χ4n) is 2.63. The maximum Gasteiger partial charge on any atom is 0.240 e. The Kier molecular flexibility index (Phi) is 3.13. The number of aryl methyl sites for hydroxylation is 2. The van der Waals surface area contributed by atoms with Crippen molar-refractivity contribution in [3.63, 3.8) is 0 Å². The second-order valence-electron chi connectivity index (χ2n) is 4.97. The number of ether oxygens (including phenoxy) is 1. The van der Waals surface area contributed by atoms with Gasteiger partial charge in [0.15, 0.2) is 0 Å². The summed E-state index contributed by atoms with van der Waals surface area (Å²) >= 11 is 0. The van der Waals surface area contributed by atoms with E-state index in [1.807, 2.05) is 12.1 Å². The van der Waals surface area contributed by atoms with Crippen LogP contribution < -0.4 is 4.72 Å². The fourth-order valence-corrected chi connectivity index (χ4v) is 3.94. The van der Waals surface area contributed by atoms with E-state index in [2.05, 4.69) is 4.72 Å². The molecule has 1 N–H and O–H groups in total. The highest BCUT2D eigenvalue weighted by Crippen LogP contribution is 2.25. The predicted molar refractivity (Wildman–Crippen MR) is 68.0 cm³/mol. The van der Waals surface area contributed by atoms with Gasteiger partial charge in [0.25, 0.3) is 0 Å². The molecule has 18 heavy (non-hydrogen) atoms. The Labute approximate surface area is 107 Å². The molecule has 1 fully saturated rings.